The van der Waals surface area contributed by atoms with Gasteiger partial charge in [0.1, 0.15) is 5.82 Å². The molecule has 0 saturated carbocycles. The van der Waals surface area contributed by atoms with Crippen molar-refractivity contribution in [2.24, 2.45) is 0 Å². The third kappa shape index (κ3) is 2.13. The Labute approximate surface area is 116 Å². The SMILES string of the molecule is Cc1cc(C(=O)N2Cc3ccc(N)cc3C2)ccc1F. The third-order valence-electron chi connectivity index (χ3n) is 3.64. The van der Waals surface area contributed by atoms with Crippen LogP contribution >= 0.6 is 0 Å². The highest BCUT2D eigenvalue weighted by atomic mass is 19.1. The number of hydrogen-bond donors (Lipinski definition) is 1. The van der Waals surface area contributed by atoms with Gasteiger partial charge in [-0.05, 0) is 53.9 Å². The zero-order valence-corrected chi connectivity index (χ0v) is 11.2. The quantitative estimate of drug-likeness (QED) is 0.810. The van der Waals surface area contributed by atoms with Crippen molar-refractivity contribution in [3.8, 4) is 0 Å². The van der Waals surface area contributed by atoms with Crippen LogP contribution in [0.25, 0.3) is 0 Å². The molecule has 4 heteroatoms. The van der Waals surface area contributed by atoms with Gasteiger partial charge >= 0.3 is 0 Å². The number of nitrogens with zero attached hydrogens (tertiary/aromatic N) is 1. The Morgan fingerprint density at radius 3 is 2.65 bits per heavy atom. The molecule has 0 bridgehead atoms. The smallest absolute Gasteiger partial charge is 0.254 e. The summed E-state index contributed by atoms with van der Waals surface area (Å²) in [4.78, 5) is 14.2. The molecule has 0 radical (unpaired) electrons. The van der Waals surface area contributed by atoms with E-state index in [1.54, 1.807) is 17.9 Å². The third-order valence-corrected chi connectivity index (χ3v) is 3.64. The first-order chi connectivity index (χ1) is 9.54. The van der Waals surface area contributed by atoms with Crippen LogP contribution in [0.4, 0.5) is 10.1 Å². The summed E-state index contributed by atoms with van der Waals surface area (Å²) in [6.07, 6.45) is 0. The molecule has 2 aromatic rings. The van der Waals surface area contributed by atoms with Gasteiger partial charge in [-0.1, -0.05) is 6.07 Å². The second-order valence-corrected chi connectivity index (χ2v) is 5.15. The molecular formula is C16H15FN2O. The largest absolute Gasteiger partial charge is 0.399 e. The lowest BCUT2D eigenvalue weighted by Crippen LogP contribution is -2.25. The van der Waals surface area contributed by atoms with Gasteiger partial charge in [-0.3, -0.25) is 4.79 Å². The molecule has 3 nitrogen and oxygen atoms in total. The zero-order valence-electron chi connectivity index (χ0n) is 11.2. The van der Waals surface area contributed by atoms with E-state index in [2.05, 4.69) is 0 Å². The van der Waals surface area contributed by atoms with Gasteiger partial charge in [0.05, 0.1) is 0 Å². The fraction of sp³-hybridized carbons (Fsp3) is 0.188. The van der Waals surface area contributed by atoms with Gasteiger partial charge in [0, 0.05) is 24.3 Å². The lowest BCUT2D eigenvalue weighted by Gasteiger charge is -2.15. The fourth-order valence-corrected chi connectivity index (χ4v) is 2.52. The maximum atomic E-state index is 13.3. The Morgan fingerprint density at radius 1 is 1.15 bits per heavy atom. The van der Waals surface area contributed by atoms with E-state index in [1.807, 2.05) is 18.2 Å². The molecule has 2 N–H and O–H groups in total. The number of carbonyl (C=O) groups is 1. The predicted molar refractivity (Wildman–Crippen MR) is 75.6 cm³/mol. The van der Waals surface area contributed by atoms with E-state index in [4.69, 9.17) is 5.73 Å². The standard InChI is InChI=1S/C16H15FN2O/c1-10-6-11(3-5-15(10)17)16(20)19-8-12-2-4-14(18)7-13(12)9-19/h2-7H,8-9,18H2,1H3. The van der Waals surface area contributed by atoms with Crippen LogP contribution in [0.5, 0.6) is 0 Å². The van der Waals surface area contributed by atoms with Gasteiger partial charge in [-0.15, -0.1) is 0 Å². The number of benzene rings is 2. The summed E-state index contributed by atoms with van der Waals surface area (Å²) in [6, 6.07) is 10.2. The Bertz CT molecular complexity index is 697. The van der Waals surface area contributed by atoms with E-state index in [0.29, 0.717) is 29.9 Å². The van der Waals surface area contributed by atoms with Crippen LogP contribution < -0.4 is 5.73 Å². The molecule has 102 valence electrons. The van der Waals surface area contributed by atoms with Crippen molar-refractivity contribution in [3.05, 3.63) is 64.5 Å². The van der Waals surface area contributed by atoms with Crippen molar-refractivity contribution < 1.29 is 9.18 Å². The zero-order chi connectivity index (χ0) is 14.3. The number of aryl methyl sites for hydroxylation is 1. The molecule has 20 heavy (non-hydrogen) atoms. The first-order valence-electron chi connectivity index (χ1n) is 6.47. The molecule has 1 aliphatic rings. The maximum absolute atomic E-state index is 13.3. The first-order valence-corrected chi connectivity index (χ1v) is 6.47. The van der Waals surface area contributed by atoms with Crippen molar-refractivity contribution >= 4 is 11.6 Å². The number of nitrogen functional groups attached to an aromatic ring is 1. The second kappa shape index (κ2) is 4.63. The fourth-order valence-electron chi connectivity index (χ4n) is 2.52. The molecule has 0 fully saturated rings. The van der Waals surface area contributed by atoms with Gasteiger partial charge < -0.3 is 10.6 Å². The molecule has 2 aromatic carbocycles. The Hall–Kier alpha value is -2.36. The normalized spacial score (nSPS) is 13.4. The van der Waals surface area contributed by atoms with E-state index in [1.165, 1.54) is 12.1 Å². The van der Waals surface area contributed by atoms with Crippen LogP contribution in [0.15, 0.2) is 36.4 Å². The van der Waals surface area contributed by atoms with Gasteiger partial charge in [-0.2, -0.15) is 0 Å². The van der Waals surface area contributed by atoms with Crippen molar-refractivity contribution in [1.29, 1.82) is 0 Å². The molecule has 1 heterocycles. The number of carbonyl (C=O) groups excluding carboxylic acids is 1. The summed E-state index contributed by atoms with van der Waals surface area (Å²) >= 11 is 0. The van der Waals surface area contributed by atoms with Gasteiger partial charge in [-0.25, -0.2) is 4.39 Å². The van der Waals surface area contributed by atoms with Crippen LogP contribution in [0.3, 0.4) is 0 Å². The predicted octanol–water partition coefficient (Wildman–Crippen LogP) is 2.87. The molecule has 1 amide bonds. The number of anilines is 1. The summed E-state index contributed by atoms with van der Waals surface area (Å²) in [5.74, 6) is -0.373. The minimum Gasteiger partial charge on any atom is -0.399 e. The molecule has 0 atom stereocenters. The number of nitrogens with two attached hydrogens (primary N) is 1. The lowest BCUT2D eigenvalue weighted by atomic mass is 10.1. The maximum Gasteiger partial charge on any atom is 0.254 e. The molecule has 0 aromatic heterocycles. The summed E-state index contributed by atoms with van der Waals surface area (Å²) in [7, 11) is 0. The number of fused-ring (bicyclic) bond motifs is 1. The molecule has 0 spiro atoms. The molecule has 0 saturated heterocycles. The Kier molecular flexibility index (Phi) is 2.93. The Morgan fingerprint density at radius 2 is 1.90 bits per heavy atom. The van der Waals surface area contributed by atoms with Crippen LogP contribution in [0.2, 0.25) is 0 Å². The summed E-state index contributed by atoms with van der Waals surface area (Å²) in [6.45, 7) is 2.78. The van der Waals surface area contributed by atoms with E-state index >= 15 is 0 Å². The average molecular weight is 270 g/mol. The van der Waals surface area contributed by atoms with Gasteiger partial charge in [0.15, 0.2) is 0 Å². The molecule has 0 unspecified atom stereocenters. The number of amides is 1. The minimum atomic E-state index is -0.293. The molecular weight excluding hydrogens is 255 g/mol. The highest BCUT2D eigenvalue weighted by Gasteiger charge is 2.24. The highest BCUT2D eigenvalue weighted by Crippen LogP contribution is 2.26. The van der Waals surface area contributed by atoms with Crippen molar-refractivity contribution in [3.63, 3.8) is 0 Å². The van der Waals surface area contributed by atoms with Crippen LogP contribution in [0, 0.1) is 12.7 Å². The lowest BCUT2D eigenvalue weighted by molar-refractivity contribution is 0.0751. The van der Waals surface area contributed by atoms with E-state index in [-0.39, 0.29) is 11.7 Å². The topological polar surface area (TPSA) is 46.3 Å². The highest BCUT2D eigenvalue weighted by molar-refractivity contribution is 5.94. The van der Waals surface area contributed by atoms with Crippen molar-refractivity contribution in [1.82, 2.24) is 4.90 Å². The van der Waals surface area contributed by atoms with E-state index < -0.39 is 0 Å². The monoisotopic (exact) mass is 270 g/mol. The van der Waals surface area contributed by atoms with E-state index in [0.717, 1.165) is 11.1 Å². The number of rotatable bonds is 1. The number of halogens is 1. The second-order valence-electron chi connectivity index (χ2n) is 5.15. The average Bonchev–Trinajstić information content (AvgIpc) is 2.84. The first kappa shape index (κ1) is 12.7. The molecule has 1 aliphatic heterocycles. The van der Waals surface area contributed by atoms with Crippen LogP contribution in [0.1, 0.15) is 27.0 Å². The van der Waals surface area contributed by atoms with Crippen LogP contribution in [-0.2, 0) is 13.1 Å². The summed E-state index contributed by atoms with van der Waals surface area (Å²) < 4.78 is 13.3. The number of hydrogen-bond acceptors (Lipinski definition) is 2. The molecule has 3 rings (SSSR count). The summed E-state index contributed by atoms with van der Waals surface area (Å²) in [5.41, 5.74) is 9.66. The minimum absolute atomic E-state index is 0.0807. The molecule has 0 aliphatic carbocycles. The van der Waals surface area contributed by atoms with Crippen molar-refractivity contribution in [2.75, 3.05) is 5.73 Å². The van der Waals surface area contributed by atoms with E-state index in [9.17, 15) is 9.18 Å². The van der Waals surface area contributed by atoms with Gasteiger partial charge in [0.25, 0.3) is 5.91 Å². The van der Waals surface area contributed by atoms with Gasteiger partial charge in [0.2, 0.25) is 0 Å². The van der Waals surface area contributed by atoms with Crippen LogP contribution in [-0.4, -0.2) is 10.8 Å². The summed E-state index contributed by atoms with van der Waals surface area (Å²) in [5, 5.41) is 0. The van der Waals surface area contributed by atoms with Crippen molar-refractivity contribution in [2.45, 2.75) is 20.0 Å². The Balaban J connectivity index is 1.85.